The second-order valence-electron chi connectivity index (χ2n) is 3.76. The van der Waals surface area contributed by atoms with Crippen LogP contribution in [0.3, 0.4) is 0 Å². The first-order valence-electron chi connectivity index (χ1n) is 4.81. The Hall–Kier alpha value is -0.610. The fourth-order valence-electron chi connectivity index (χ4n) is 0.994. The maximum atomic E-state index is 11.4. The highest BCUT2D eigenvalue weighted by atomic mass is 16.3. The van der Waals surface area contributed by atoms with Gasteiger partial charge in [0.05, 0.1) is 12.1 Å². The Labute approximate surface area is 78.7 Å². The summed E-state index contributed by atoms with van der Waals surface area (Å²) in [7, 11) is 0. The molecule has 0 spiro atoms. The molecule has 0 radical (unpaired) electrons. The molecule has 1 fully saturated rings. The quantitative estimate of drug-likeness (QED) is 0.548. The molecular formula is C9H18N2O2. The molecule has 1 amide bonds. The van der Waals surface area contributed by atoms with Crippen LogP contribution in [0.15, 0.2) is 0 Å². The van der Waals surface area contributed by atoms with Crippen molar-refractivity contribution >= 4 is 5.91 Å². The second kappa shape index (κ2) is 4.58. The predicted octanol–water partition coefficient (Wildman–Crippen LogP) is -0.376. The average Bonchev–Trinajstić information content (AvgIpc) is 2.83. The summed E-state index contributed by atoms with van der Waals surface area (Å²) >= 11 is 0. The lowest BCUT2D eigenvalue weighted by Gasteiger charge is -2.14. The topological polar surface area (TPSA) is 61.4 Å². The number of aliphatic hydroxyl groups excluding tert-OH is 1. The van der Waals surface area contributed by atoms with Crippen LogP contribution in [0.5, 0.6) is 0 Å². The molecule has 4 nitrogen and oxygen atoms in total. The van der Waals surface area contributed by atoms with Gasteiger partial charge in [-0.25, -0.2) is 0 Å². The van der Waals surface area contributed by atoms with E-state index in [0.717, 1.165) is 12.8 Å². The molecule has 0 aromatic carbocycles. The van der Waals surface area contributed by atoms with Gasteiger partial charge >= 0.3 is 0 Å². The van der Waals surface area contributed by atoms with Gasteiger partial charge in [0.25, 0.3) is 0 Å². The fraction of sp³-hybridized carbons (Fsp3) is 0.889. The van der Waals surface area contributed by atoms with E-state index in [9.17, 15) is 4.79 Å². The highest BCUT2D eigenvalue weighted by Gasteiger charge is 2.25. The highest BCUT2D eigenvalue weighted by Crippen LogP contribution is 2.18. The summed E-state index contributed by atoms with van der Waals surface area (Å²) in [5, 5.41) is 14.8. The van der Waals surface area contributed by atoms with E-state index in [-0.39, 0.29) is 11.9 Å². The molecular weight excluding hydrogens is 168 g/mol. The van der Waals surface area contributed by atoms with Crippen LogP contribution in [0.1, 0.15) is 26.7 Å². The zero-order valence-electron chi connectivity index (χ0n) is 8.21. The highest BCUT2D eigenvalue weighted by molar-refractivity contribution is 5.81. The lowest BCUT2D eigenvalue weighted by molar-refractivity contribution is -0.122. The van der Waals surface area contributed by atoms with Gasteiger partial charge in [-0.3, -0.25) is 4.79 Å². The molecule has 1 aliphatic carbocycles. The van der Waals surface area contributed by atoms with E-state index in [4.69, 9.17) is 5.11 Å². The van der Waals surface area contributed by atoms with Crippen LogP contribution in [0.25, 0.3) is 0 Å². The van der Waals surface area contributed by atoms with E-state index in [1.165, 1.54) is 0 Å². The summed E-state index contributed by atoms with van der Waals surface area (Å²) in [6, 6.07) is 0.193. The molecule has 1 rings (SSSR count). The van der Waals surface area contributed by atoms with Gasteiger partial charge in [-0.1, -0.05) is 0 Å². The van der Waals surface area contributed by atoms with Gasteiger partial charge in [-0.15, -0.1) is 0 Å². The maximum absolute atomic E-state index is 11.4. The Balaban J connectivity index is 2.12. The molecule has 1 saturated carbocycles. The minimum Gasteiger partial charge on any atom is -0.392 e. The third kappa shape index (κ3) is 4.24. The van der Waals surface area contributed by atoms with E-state index in [1.54, 1.807) is 13.8 Å². The molecule has 13 heavy (non-hydrogen) atoms. The van der Waals surface area contributed by atoms with Crippen LogP contribution in [-0.2, 0) is 4.79 Å². The number of amides is 1. The van der Waals surface area contributed by atoms with E-state index < -0.39 is 6.10 Å². The summed E-state index contributed by atoms with van der Waals surface area (Å²) in [4.78, 5) is 11.4. The standard InChI is InChI=1S/C9H18N2O2/c1-6(12)5-10-7(2)9(13)11-8-3-4-8/h6-8,10,12H,3-5H2,1-2H3,(H,11,13). The SMILES string of the molecule is CC(O)CNC(C)C(=O)NC1CC1. The minimum absolute atomic E-state index is 0.0307. The molecule has 76 valence electrons. The Bertz CT molecular complexity index is 178. The van der Waals surface area contributed by atoms with E-state index >= 15 is 0 Å². The van der Waals surface area contributed by atoms with Crippen LogP contribution in [0.4, 0.5) is 0 Å². The number of carbonyl (C=O) groups excluding carboxylic acids is 1. The van der Waals surface area contributed by atoms with Crippen molar-refractivity contribution in [2.24, 2.45) is 0 Å². The third-order valence-corrected chi connectivity index (χ3v) is 2.04. The van der Waals surface area contributed by atoms with Crippen molar-refractivity contribution in [3.63, 3.8) is 0 Å². The second-order valence-corrected chi connectivity index (χ2v) is 3.76. The van der Waals surface area contributed by atoms with Crippen LogP contribution >= 0.6 is 0 Å². The predicted molar refractivity (Wildman–Crippen MR) is 50.3 cm³/mol. The number of rotatable bonds is 5. The van der Waals surface area contributed by atoms with E-state index in [2.05, 4.69) is 10.6 Å². The summed E-state index contributed by atoms with van der Waals surface area (Å²) < 4.78 is 0. The average molecular weight is 186 g/mol. The van der Waals surface area contributed by atoms with Crippen molar-refractivity contribution in [2.75, 3.05) is 6.54 Å². The van der Waals surface area contributed by atoms with Crippen LogP contribution in [0.2, 0.25) is 0 Å². The summed E-state index contributed by atoms with van der Waals surface area (Å²) in [6.45, 7) is 3.96. The monoisotopic (exact) mass is 186 g/mol. The number of aliphatic hydroxyl groups is 1. The van der Waals surface area contributed by atoms with Crippen molar-refractivity contribution in [3.05, 3.63) is 0 Å². The molecule has 3 N–H and O–H groups in total. The van der Waals surface area contributed by atoms with Crippen molar-refractivity contribution < 1.29 is 9.90 Å². The van der Waals surface area contributed by atoms with Gasteiger partial charge in [0.2, 0.25) is 5.91 Å². The zero-order valence-corrected chi connectivity index (χ0v) is 8.21. The first kappa shape index (κ1) is 10.5. The maximum Gasteiger partial charge on any atom is 0.237 e. The molecule has 0 saturated heterocycles. The van der Waals surface area contributed by atoms with Gasteiger partial charge in [-0.2, -0.15) is 0 Å². The van der Waals surface area contributed by atoms with Gasteiger partial charge in [0.15, 0.2) is 0 Å². The molecule has 1 aliphatic rings. The Morgan fingerprint density at radius 2 is 2.15 bits per heavy atom. The van der Waals surface area contributed by atoms with Crippen molar-refractivity contribution in [2.45, 2.75) is 44.9 Å². The normalized spacial score (nSPS) is 20.8. The first-order chi connectivity index (χ1) is 6.09. The number of hydrogen-bond acceptors (Lipinski definition) is 3. The molecule has 2 atom stereocenters. The van der Waals surface area contributed by atoms with Gasteiger partial charge in [-0.05, 0) is 26.7 Å². The van der Waals surface area contributed by atoms with Gasteiger partial charge < -0.3 is 15.7 Å². The van der Waals surface area contributed by atoms with Gasteiger partial charge in [0, 0.05) is 12.6 Å². The van der Waals surface area contributed by atoms with Crippen molar-refractivity contribution in [1.82, 2.24) is 10.6 Å². The molecule has 0 heterocycles. The van der Waals surface area contributed by atoms with Crippen molar-refractivity contribution in [3.8, 4) is 0 Å². The molecule has 0 bridgehead atoms. The Morgan fingerprint density at radius 1 is 1.54 bits per heavy atom. The molecule has 4 heteroatoms. The number of hydrogen-bond donors (Lipinski definition) is 3. The van der Waals surface area contributed by atoms with E-state index in [0.29, 0.717) is 12.6 Å². The fourth-order valence-corrected chi connectivity index (χ4v) is 0.994. The largest absolute Gasteiger partial charge is 0.392 e. The molecule has 0 aliphatic heterocycles. The van der Waals surface area contributed by atoms with Crippen LogP contribution in [0, 0.1) is 0 Å². The summed E-state index contributed by atoms with van der Waals surface area (Å²) in [6.07, 6.45) is 1.81. The first-order valence-corrected chi connectivity index (χ1v) is 4.81. The zero-order chi connectivity index (χ0) is 9.84. The smallest absolute Gasteiger partial charge is 0.237 e. The Morgan fingerprint density at radius 3 is 2.62 bits per heavy atom. The lowest BCUT2D eigenvalue weighted by atomic mass is 10.3. The van der Waals surface area contributed by atoms with Crippen LogP contribution < -0.4 is 10.6 Å². The molecule has 0 aromatic rings. The van der Waals surface area contributed by atoms with Crippen molar-refractivity contribution in [1.29, 1.82) is 0 Å². The number of carbonyl (C=O) groups is 1. The molecule has 2 unspecified atom stereocenters. The van der Waals surface area contributed by atoms with Gasteiger partial charge in [0.1, 0.15) is 0 Å². The van der Waals surface area contributed by atoms with E-state index in [1.807, 2.05) is 0 Å². The summed E-state index contributed by atoms with van der Waals surface area (Å²) in [5.74, 6) is 0.0307. The van der Waals surface area contributed by atoms with Crippen LogP contribution in [-0.4, -0.2) is 35.7 Å². The Kier molecular flexibility index (Phi) is 3.69. The third-order valence-electron chi connectivity index (χ3n) is 2.04. The minimum atomic E-state index is -0.406. The number of nitrogens with one attached hydrogen (secondary N) is 2. The molecule has 0 aromatic heterocycles. The summed E-state index contributed by atoms with van der Waals surface area (Å²) in [5.41, 5.74) is 0. The lowest BCUT2D eigenvalue weighted by Crippen LogP contribution is -2.45.